The zero-order chi connectivity index (χ0) is 18.0. The van der Waals surface area contributed by atoms with Gasteiger partial charge in [0.25, 0.3) is 5.24 Å². The highest BCUT2D eigenvalue weighted by atomic mass is 35.5. The van der Waals surface area contributed by atoms with E-state index in [0.717, 1.165) is 23.4 Å². The minimum Gasteiger partial charge on any atom is -1.00 e. The highest BCUT2D eigenvalue weighted by Crippen LogP contribution is 2.30. The topological polar surface area (TPSA) is 36.7 Å². The Morgan fingerprint density at radius 1 is 1.12 bits per heavy atom. The van der Waals surface area contributed by atoms with Crippen molar-refractivity contribution in [1.29, 1.82) is 0 Å². The summed E-state index contributed by atoms with van der Waals surface area (Å²) >= 11 is 5.49. The normalized spacial score (nSPS) is 11.1. The average molecular weight is 401 g/mol. The van der Waals surface area contributed by atoms with E-state index >= 15 is 0 Å². The number of imidazole rings is 1. The van der Waals surface area contributed by atoms with Gasteiger partial charge in [0.05, 0.1) is 5.56 Å². The third-order valence-electron chi connectivity index (χ3n) is 3.77. The lowest BCUT2D eigenvalue weighted by Gasteiger charge is -2.07. The summed E-state index contributed by atoms with van der Waals surface area (Å²) < 4.78 is 39.9. The predicted octanol–water partition coefficient (Wildman–Crippen LogP) is 1.42. The first-order valence-corrected chi connectivity index (χ1v) is 7.75. The van der Waals surface area contributed by atoms with Crippen LogP contribution in [0.4, 0.5) is 13.2 Å². The van der Waals surface area contributed by atoms with Crippen LogP contribution in [-0.2, 0) is 12.7 Å². The summed E-state index contributed by atoms with van der Waals surface area (Å²) in [6.07, 6.45) is -0.942. The van der Waals surface area contributed by atoms with Crippen molar-refractivity contribution in [3.05, 3.63) is 77.7 Å². The monoisotopic (exact) mass is 400 g/mol. The van der Waals surface area contributed by atoms with E-state index in [2.05, 4.69) is 4.98 Å². The van der Waals surface area contributed by atoms with Gasteiger partial charge >= 0.3 is 6.18 Å². The third-order valence-corrected chi connectivity index (χ3v) is 3.99. The maximum Gasteiger partial charge on any atom is 0.416 e. The molecule has 0 saturated heterocycles. The molecular formula is C18H13Cl2F3N2O. The smallest absolute Gasteiger partial charge is 0.416 e. The lowest BCUT2D eigenvalue weighted by molar-refractivity contribution is -0.676. The molecule has 26 heavy (non-hydrogen) atoms. The number of carbonyl (C=O) groups excluding carboxylic acids is 1. The summed E-state index contributed by atoms with van der Waals surface area (Å²) in [5, 5.41) is -0.538. The Balaban J connectivity index is 0.00000243. The highest BCUT2D eigenvalue weighted by Gasteiger charge is 2.30. The molecule has 0 atom stereocenters. The van der Waals surface area contributed by atoms with Gasteiger partial charge in [-0.25, -0.2) is 9.55 Å². The molecule has 1 heterocycles. The van der Waals surface area contributed by atoms with Gasteiger partial charge in [0.15, 0.2) is 5.69 Å². The van der Waals surface area contributed by atoms with Crippen molar-refractivity contribution in [3.63, 3.8) is 0 Å². The summed E-state index contributed by atoms with van der Waals surface area (Å²) in [5.41, 5.74) is 1.94. The summed E-state index contributed by atoms with van der Waals surface area (Å²) in [7, 11) is 0. The van der Waals surface area contributed by atoms with E-state index in [9.17, 15) is 18.0 Å². The van der Waals surface area contributed by atoms with Gasteiger partial charge in [-0.05, 0) is 47.5 Å². The van der Waals surface area contributed by atoms with Crippen molar-refractivity contribution in [3.8, 4) is 11.3 Å². The van der Waals surface area contributed by atoms with E-state index < -0.39 is 17.0 Å². The SMILES string of the molecule is O=C(Cl)c1cccc(C[n+]2c[nH]cc2-c2ccc(C(F)(F)F)cc2)c1.[Cl-]. The van der Waals surface area contributed by atoms with Crippen LogP contribution < -0.4 is 17.0 Å². The fraction of sp³-hybridized carbons (Fsp3) is 0.111. The minimum atomic E-state index is -4.36. The fourth-order valence-corrected chi connectivity index (χ4v) is 2.67. The number of halogens is 5. The van der Waals surface area contributed by atoms with E-state index in [0.29, 0.717) is 17.7 Å². The molecule has 2 aromatic carbocycles. The van der Waals surface area contributed by atoms with E-state index in [1.54, 1.807) is 30.7 Å². The number of H-pyrrole nitrogens is 1. The molecule has 1 aromatic heterocycles. The number of alkyl halides is 3. The Morgan fingerprint density at radius 2 is 1.81 bits per heavy atom. The van der Waals surface area contributed by atoms with Gasteiger partial charge in [0, 0.05) is 11.1 Å². The maximum atomic E-state index is 12.7. The zero-order valence-electron chi connectivity index (χ0n) is 13.2. The first-order valence-electron chi connectivity index (χ1n) is 7.37. The molecule has 0 saturated carbocycles. The number of nitrogens with zero attached hydrogens (tertiary/aromatic N) is 1. The first kappa shape index (κ1) is 20.0. The number of hydrogen-bond acceptors (Lipinski definition) is 1. The molecule has 0 spiro atoms. The van der Waals surface area contributed by atoms with Crippen LogP contribution in [0, 0.1) is 0 Å². The largest absolute Gasteiger partial charge is 1.00 e. The lowest BCUT2D eigenvalue weighted by Crippen LogP contribution is -3.00. The number of benzene rings is 2. The highest BCUT2D eigenvalue weighted by molar-refractivity contribution is 6.67. The number of nitrogens with one attached hydrogen (secondary N) is 1. The number of aromatic nitrogens is 2. The molecule has 0 aliphatic carbocycles. The summed E-state index contributed by atoms with van der Waals surface area (Å²) in [5.74, 6) is 0. The Bertz CT molecular complexity index is 905. The molecule has 0 unspecified atom stereocenters. The predicted molar refractivity (Wildman–Crippen MR) is 87.2 cm³/mol. The van der Waals surface area contributed by atoms with E-state index in [-0.39, 0.29) is 12.4 Å². The molecule has 0 aliphatic rings. The van der Waals surface area contributed by atoms with Crippen LogP contribution in [0.2, 0.25) is 0 Å². The standard InChI is InChI=1S/C18H12ClF3N2O.ClH/c19-17(25)14-3-1-2-12(8-14)10-24-11-23-9-16(24)13-4-6-15(7-5-13)18(20,21)22;/h1-9,11H,10H2;1H. The maximum absolute atomic E-state index is 12.7. The van der Waals surface area contributed by atoms with Crippen LogP contribution in [0.25, 0.3) is 11.3 Å². The molecular weight excluding hydrogens is 388 g/mol. The van der Waals surface area contributed by atoms with Gasteiger partial charge in [-0.3, -0.25) is 4.79 Å². The minimum absolute atomic E-state index is 0. The second-order valence-electron chi connectivity index (χ2n) is 5.50. The Hall–Kier alpha value is -2.31. The molecule has 0 bridgehead atoms. The van der Waals surface area contributed by atoms with Crippen LogP contribution in [0.1, 0.15) is 21.5 Å². The van der Waals surface area contributed by atoms with Crippen molar-refractivity contribution in [2.75, 3.05) is 0 Å². The van der Waals surface area contributed by atoms with Crippen LogP contribution in [-0.4, -0.2) is 10.2 Å². The molecule has 8 heteroatoms. The third kappa shape index (κ3) is 4.45. The zero-order valence-corrected chi connectivity index (χ0v) is 14.7. The summed E-state index contributed by atoms with van der Waals surface area (Å²) in [4.78, 5) is 14.2. The number of aromatic amines is 1. The van der Waals surface area contributed by atoms with Gasteiger partial charge in [-0.1, -0.05) is 18.2 Å². The van der Waals surface area contributed by atoms with Gasteiger partial charge in [0.1, 0.15) is 12.7 Å². The average Bonchev–Trinajstić information content (AvgIpc) is 3.02. The Labute approximate surface area is 158 Å². The van der Waals surface area contributed by atoms with E-state index in [1.165, 1.54) is 12.1 Å². The van der Waals surface area contributed by atoms with Crippen molar-refractivity contribution in [1.82, 2.24) is 4.98 Å². The number of rotatable bonds is 4. The van der Waals surface area contributed by atoms with Crippen LogP contribution in [0.5, 0.6) is 0 Å². The lowest BCUT2D eigenvalue weighted by atomic mass is 10.1. The van der Waals surface area contributed by atoms with Crippen LogP contribution in [0.15, 0.2) is 61.1 Å². The van der Waals surface area contributed by atoms with E-state index in [1.807, 2.05) is 10.6 Å². The quantitative estimate of drug-likeness (QED) is 0.521. The fourth-order valence-electron chi connectivity index (χ4n) is 2.56. The van der Waals surface area contributed by atoms with Gasteiger partial charge in [-0.2, -0.15) is 13.2 Å². The van der Waals surface area contributed by atoms with Crippen molar-refractivity contribution in [2.24, 2.45) is 0 Å². The Morgan fingerprint density at radius 3 is 2.42 bits per heavy atom. The summed E-state index contributed by atoms with van der Waals surface area (Å²) in [6, 6.07) is 11.9. The molecule has 1 N–H and O–H groups in total. The Kier molecular flexibility index (Phi) is 6.10. The molecule has 0 aliphatic heterocycles. The van der Waals surface area contributed by atoms with Gasteiger partial charge in [0.2, 0.25) is 6.33 Å². The van der Waals surface area contributed by atoms with Crippen molar-refractivity contribution < 1.29 is 34.9 Å². The summed E-state index contributed by atoms with van der Waals surface area (Å²) in [6.45, 7) is 0.442. The molecule has 3 aromatic rings. The number of hydrogen-bond donors (Lipinski definition) is 1. The first-order chi connectivity index (χ1) is 11.8. The van der Waals surface area contributed by atoms with Gasteiger partial charge < -0.3 is 12.4 Å². The van der Waals surface area contributed by atoms with E-state index in [4.69, 9.17) is 11.6 Å². The molecule has 136 valence electrons. The molecule has 3 rings (SSSR count). The second-order valence-corrected chi connectivity index (χ2v) is 5.85. The van der Waals surface area contributed by atoms with Gasteiger partial charge in [-0.15, -0.1) is 0 Å². The molecule has 0 fully saturated rings. The van der Waals surface area contributed by atoms with Crippen molar-refractivity contribution in [2.45, 2.75) is 12.7 Å². The number of carbonyl (C=O) groups is 1. The van der Waals surface area contributed by atoms with Crippen molar-refractivity contribution >= 4 is 16.8 Å². The molecule has 3 nitrogen and oxygen atoms in total. The second kappa shape index (κ2) is 7.93. The molecule has 0 radical (unpaired) electrons. The van der Waals surface area contributed by atoms with Crippen LogP contribution >= 0.6 is 11.6 Å². The van der Waals surface area contributed by atoms with Crippen LogP contribution in [0.3, 0.4) is 0 Å². The molecule has 0 amide bonds.